The van der Waals surface area contributed by atoms with E-state index in [9.17, 15) is 5.26 Å². The predicted molar refractivity (Wildman–Crippen MR) is 184 cm³/mol. The molecule has 5 nitrogen and oxygen atoms in total. The van der Waals surface area contributed by atoms with Crippen LogP contribution in [0.25, 0.3) is 55.2 Å². The van der Waals surface area contributed by atoms with Gasteiger partial charge in [0.1, 0.15) is 28.6 Å². The summed E-state index contributed by atoms with van der Waals surface area (Å²) in [6, 6.07) is 49.2. The van der Waals surface area contributed by atoms with Crippen LogP contribution in [0, 0.1) is 11.3 Å². The third-order valence-corrected chi connectivity index (χ3v) is 8.75. The lowest BCUT2D eigenvalue weighted by Crippen LogP contribution is -2.19. The number of furan rings is 2. The van der Waals surface area contributed by atoms with Crippen molar-refractivity contribution >= 4 is 44.3 Å². The Kier molecular flexibility index (Phi) is 5.87. The first-order chi connectivity index (χ1) is 22.7. The molecule has 2 aromatic heterocycles. The summed E-state index contributed by atoms with van der Waals surface area (Å²) in [6.45, 7) is 0. The number of benzene rings is 6. The van der Waals surface area contributed by atoms with Crippen molar-refractivity contribution in [1.82, 2.24) is 0 Å². The Morgan fingerprint density at radius 3 is 2.11 bits per heavy atom. The van der Waals surface area contributed by atoms with E-state index in [2.05, 4.69) is 84.2 Å². The van der Waals surface area contributed by atoms with Gasteiger partial charge in [-0.3, -0.25) is 4.99 Å². The molecule has 216 valence electrons. The molecule has 0 aliphatic carbocycles. The van der Waals surface area contributed by atoms with E-state index < -0.39 is 0 Å². The lowest BCUT2D eigenvalue weighted by Gasteiger charge is -2.23. The van der Waals surface area contributed by atoms with Gasteiger partial charge in [0.05, 0.1) is 17.3 Å². The van der Waals surface area contributed by atoms with Crippen LogP contribution in [-0.2, 0) is 0 Å². The molecule has 1 unspecified atom stereocenters. The quantitative estimate of drug-likeness (QED) is 0.221. The van der Waals surface area contributed by atoms with Crippen LogP contribution in [0.2, 0.25) is 0 Å². The fraction of sp³-hybridized carbons (Fsp3) is 0.0244. The smallest absolute Gasteiger partial charge is 0.177 e. The summed E-state index contributed by atoms with van der Waals surface area (Å²) in [5.74, 6) is 0.690. The Bertz CT molecular complexity index is 2500. The van der Waals surface area contributed by atoms with Gasteiger partial charge in [-0.05, 0) is 64.7 Å². The number of rotatable bonds is 4. The minimum absolute atomic E-state index is 0.385. The second kappa shape index (κ2) is 10.4. The number of fused-ring (bicyclic) bond motifs is 6. The summed E-state index contributed by atoms with van der Waals surface area (Å²) in [7, 11) is 0. The van der Waals surface area contributed by atoms with Gasteiger partial charge in [-0.15, -0.1) is 0 Å². The highest BCUT2D eigenvalue weighted by Gasteiger charge is 2.30. The molecule has 1 atom stereocenters. The van der Waals surface area contributed by atoms with E-state index in [0.29, 0.717) is 11.3 Å². The standard InChI is InChI=1S/C41H25N3O2/c42-24-25-18-20-28(21-19-25)41-43-37-30-14-7-8-16-34(30)45-40(37)38(44-41)31-15-9-17-35-36(31)33-23-29(26-10-3-1-4-11-26)22-32(39(33)46-35)27-12-5-2-6-13-27/h1-23,41,43H. The van der Waals surface area contributed by atoms with Crippen molar-refractivity contribution in [2.45, 2.75) is 6.17 Å². The molecule has 6 aromatic carbocycles. The Balaban J connectivity index is 1.34. The number of nitrogens with zero attached hydrogens (tertiary/aromatic N) is 2. The zero-order valence-electron chi connectivity index (χ0n) is 24.6. The molecule has 1 aliphatic rings. The fourth-order valence-corrected chi connectivity index (χ4v) is 6.56. The van der Waals surface area contributed by atoms with E-state index in [4.69, 9.17) is 13.8 Å². The Hall–Kier alpha value is -6.38. The van der Waals surface area contributed by atoms with E-state index in [1.54, 1.807) is 0 Å². The van der Waals surface area contributed by atoms with Gasteiger partial charge in [-0.25, -0.2) is 0 Å². The van der Waals surface area contributed by atoms with Crippen molar-refractivity contribution in [3.05, 3.63) is 162 Å². The zero-order chi connectivity index (χ0) is 30.6. The van der Waals surface area contributed by atoms with Crippen molar-refractivity contribution in [2.24, 2.45) is 4.99 Å². The van der Waals surface area contributed by atoms with Crippen LogP contribution in [0.5, 0.6) is 0 Å². The van der Waals surface area contributed by atoms with Crippen molar-refractivity contribution < 1.29 is 8.83 Å². The van der Waals surface area contributed by atoms with E-state index >= 15 is 0 Å². The number of nitrogens with one attached hydrogen (secondary N) is 1. The SMILES string of the molecule is N#Cc1ccc(C2N=C(c3cccc4oc5c(-c6ccccc6)cc(-c6ccccc6)cc5c34)c3oc4ccccc4c3N2)cc1. The number of hydrogen-bond donors (Lipinski definition) is 1. The molecule has 1 N–H and O–H groups in total. The average Bonchev–Trinajstić information content (AvgIpc) is 3.70. The molecule has 0 bridgehead atoms. The molecule has 0 saturated heterocycles. The lowest BCUT2D eigenvalue weighted by molar-refractivity contribution is 0.599. The Morgan fingerprint density at radius 1 is 0.609 bits per heavy atom. The first kappa shape index (κ1) is 26.1. The van der Waals surface area contributed by atoms with Gasteiger partial charge in [0.2, 0.25) is 0 Å². The van der Waals surface area contributed by atoms with Crippen LogP contribution in [-0.4, -0.2) is 5.71 Å². The maximum atomic E-state index is 9.39. The zero-order valence-corrected chi connectivity index (χ0v) is 24.6. The number of anilines is 1. The summed E-state index contributed by atoms with van der Waals surface area (Å²) < 4.78 is 13.2. The lowest BCUT2D eigenvalue weighted by atomic mass is 9.93. The fourth-order valence-electron chi connectivity index (χ4n) is 6.56. The van der Waals surface area contributed by atoms with E-state index in [-0.39, 0.29) is 6.17 Å². The second-order valence-electron chi connectivity index (χ2n) is 11.5. The van der Waals surface area contributed by atoms with Crippen molar-refractivity contribution in [3.8, 4) is 28.3 Å². The molecule has 3 heterocycles. The normalized spacial score (nSPS) is 14.2. The molecule has 0 radical (unpaired) electrons. The first-order valence-electron chi connectivity index (χ1n) is 15.2. The van der Waals surface area contributed by atoms with Crippen LogP contribution in [0.1, 0.15) is 28.6 Å². The third-order valence-electron chi connectivity index (χ3n) is 8.75. The van der Waals surface area contributed by atoms with Crippen LogP contribution in [0.4, 0.5) is 5.69 Å². The van der Waals surface area contributed by atoms with Gasteiger partial charge < -0.3 is 14.2 Å². The predicted octanol–water partition coefficient (Wildman–Crippen LogP) is 10.5. The van der Waals surface area contributed by atoms with Gasteiger partial charge in [-0.1, -0.05) is 97.1 Å². The van der Waals surface area contributed by atoms with E-state index in [1.807, 2.05) is 66.7 Å². The summed E-state index contributed by atoms with van der Waals surface area (Å²) in [5.41, 5.74) is 10.9. The van der Waals surface area contributed by atoms with Crippen molar-refractivity contribution in [3.63, 3.8) is 0 Å². The first-order valence-corrected chi connectivity index (χ1v) is 15.2. The summed E-state index contributed by atoms with van der Waals surface area (Å²) in [6.07, 6.45) is -0.385. The van der Waals surface area contributed by atoms with Crippen molar-refractivity contribution in [2.75, 3.05) is 5.32 Å². The molecule has 0 amide bonds. The summed E-state index contributed by atoms with van der Waals surface area (Å²) in [5, 5.41) is 16.0. The highest BCUT2D eigenvalue weighted by atomic mass is 16.3. The monoisotopic (exact) mass is 591 g/mol. The molecule has 46 heavy (non-hydrogen) atoms. The highest BCUT2D eigenvalue weighted by molar-refractivity contribution is 6.27. The molecule has 8 aromatic rings. The average molecular weight is 592 g/mol. The van der Waals surface area contributed by atoms with E-state index in [0.717, 1.165) is 77.7 Å². The molecule has 9 rings (SSSR count). The third kappa shape index (κ3) is 4.12. The topological polar surface area (TPSA) is 74.5 Å². The van der Waals surface area contributed by atoms with Crippen LogP contribution < -0.4 is 5.32 Å². The Morgan fingerprint density at radius 2 is 1.33 bits per heavy atom. The summed E-state index contributed by atoms with van der Waals surface area (Å²) in [4.78, 5) is 5.30. The minimum atomic E-state index is -0.385. The summed E-state index contributed by atoms with van der Waals surface area (Å²) >= 11 is 0. The maximum absolute atomic E-state index is 9.39. The molecule has 0 saturated carbocycles. The number of nitriles is 1. The van der Waals surface area contributed by atoms with Gasteiger partial charge in [-0.2, -0.15) is 5.26 Å². The van der Waals surface area contributed by atoms with Gasteiger partial charge in [0, 0.05) is 27.3 Å². The van der Waals surface area contributed by atoms with Crippen LogP contribution >= 0.6 is 0 Å². The molecule has 1 aliphatic heterocycles. The van der Waals surface area contributed by atoms with Gasteiger partial charge in [0.15, 0.2) is 5.76 Å². The van der Waals surface area contributed by atoms with Crippen LogP contribution in [0.15, 0.2) is 153 Å². The number of aliphatic imine (C=N–C) groups is 1. The number of hydrogen-bond acceptors (Lipinski definition) is 5. The molecular formula is C41H25N3O2. The Labute approximate surface area is 264 Å². The number of para-hydroxylation sites is 1. The van der Waals surface area contributed by atoms with E-state index in [1.165, 1.54) is 0 Å². The molecular weight excluding hydrogens is 566 g/mol. The van der Waals surface area contributed by atoms with Gasteiger partial charge in [0.25, 0.3) is 0 Å². The largest absolute Gasteiger partial charge is 0.455 e. The van der Waals surface area contributed by atoms with Gasteiger partial charge >= 0.3 is 0 Å². The van der Waals surface area contributed by atoms with Crippen LogP contribution in [0.3, 0.4) is 0 Å². The molecule has 0 fully saturated rings. The molecule has 5 heteroatoms. The molecule has 0 spiro atoms. The van der Waals surface area contributed by atoms with Crippen molar-refractivity contribution in [1.29, 1.82) is 5.26 Å². The second-order valence-corrected chi connectivity index (χ2v) is 11.5. The highest BCUT2D eigenvalue weighted by Crippen LogP contribution is 2.44. The maximum Gasteiger partial charge on any atom is 0.177 e. The minimum Gasteiger partial charge on any atom is -0.455 e.